The largest absolute Gasteiger partial charge is 0.463 e. The molecule has 0 aliphatic rings. The SMILES string of the molecule is CC(=O)OCCOCn1cc(Cc2cccc(Cl)c2)c(=O)[nH]c1=O. The highest BCUT2D eigenvalue weighted by atomic mass is 35.5. The van der Waals surface area contributed by atoms with E-state index in [-0.39, 0.29) is 19.9 Å². The Labute approximate surface area is 142 Å². The Morgan fingerprint density at radius 3 is 2.79 bits per heavy atom. The lowest BCUT2D eigenvalue weighted by Gasteiger charge is -2.09. The van der Waals surface area contributed by atoms with Crippen LogP contribution in [0.3, 0.4) is 0 Å². The average Bonchev–Trinajstić information content (AvgIpc) is 2.51. The number of hydrogen-bond acceptors (Lipinski definition) is 5. The number of nitrogens with one attached hydrogen (secondary N) is 1. The molecule has 0 aliphatic carbocycles. The van der Waals surface area contributed by atoms with Gasteiger partial charge in [0.15, 0.2) is 0 Å². The first-order valence-corrected chi connectivity index (χ1v) is 7.61. The number of hydrogen-bond donors (Lipinski definition) is 1. The molecule has 128 valence electrons. The summed E-state index contributed by atoms with van der Waals surface area (Å²) in [4.78, 5) is 36.6. The molecule has 0 amide bonds. The third kappa shape index (κ3) is 5.36. The van der Waals surface area contributed by atoms with E-state index in [4.69, 9.17) is 21.1 Å². The van der Waals surface area contributed by atoms with Gasteiger partial charge in [-0.05, 0) is 17.7 Å². The molecular weight excluding hydrogens is 336 g/mol. The van der Waals surface area contributed by atoms with Crippen LogP contribution in [0, 0.1) is 0 Å². The summed E-state index contributed by atoms with van der Waals surface area (Å²) in [6, 6.07) is 7.13. The number of aromatic nitrogens is 2. The molecule has 2 aromatic rings. The Bertz CT molecular complexity index is 828. The predicted octanol–water partition coefficient (Wildman–Crippen LogP) is 1.32. The van der Waals surface area contributed by atoms with Gasteiger partial charge in [-0.2, -0.15) is 0 Å². The summed E-state index contributed by atoms with van der Waals surface area (Å²) >= 11 is 5.93. The number of carbonyl (C=O) groups excluding carboxylic acids is 1. The highest BCUT2D eigenvalue weighted by Gasteiger charge is 2.07. The van der Waals surface area contributed by atoms with Crippen LogP contribution in [-0.2, 0) is 27.4 Å². The van der Waals surface area contributed by atoms with Crippen LogP contribution in [0.5, 0.6) is 0 Å². The molecule has 0 radical (unpaired) electrons. The summed E-state index contributed by atoms with van der Waals surface area (Å²) in [7, 11) is 0. The second kappa shape index (κ2) is 8.47. The van der Waals surface area contributed by atoms with Crippen molar-refractivity contribution < 1.29 is 14.3 Å². The van der Waals surface area contributed by atoms with Gasteiger partial charge in [0.2, 0.25) is 0 Å². The molecule has 2 rings (SSSR count). The van der Waals surface area contributed by atoms with E-state index >= 15 is 0 Å². The first-order chi connectivity index (χ1) is 11.5. The van der Waals surface area contributed by atoms with Gasteiger partial charge in [-0.15, -0.1) is 0 Å². The van der Waals surface area contributed by atoms with Crippen molar-refractivity contribution in [3.05, 3.63) is 67.4 Å². The van der Waals surface area contributed by atoms with Crippen molar-refractivity contribution in [1.82, 2.24) is 9.55 Å². The maximum Gasteiger partial charge on any atom is 0.330 e. The number of carbonyl (C=O) groups is 1. The molecule has 0 spiro atoms. The molecule has 1 heterocycles. The molecule has 0 atom stereocenters. The predicted molar refractivity (Wildman–Crippen MR) is 88.2 cm³/mol. The van der Waals surface area contributed by atoms with E-state index in [0.717, 1.165) is 5.56 Å². The molecule has 24 heavy (non-hydrogen) atoms. The van der Waals surface area contributed by atoms with E-state index in [1.165, 1.54) is 17.7 Å². The number of benzene rings is 1. The van der Waals surface area contributed by atoms with Crippen molar-refractivity contribution in [1.29, 1.82) is 0 Å². The van der Waals surface area contributed by atoms with E-state index in [1.807, 2.05) is 6.07 Å². The summed E-state index contributed by atoms with van der Waals surface area (Å²) in [6.07, 6.45) is 1.79. The molecule has 1 N–H and O–H groups in total. The Morgan fingerprint density at radius 1 is 1.29 bits per heavy atom. The number of ether oxygens (including phenoxy) is 2. The third-order valence-corrected chi connectivity index (χ3v) is 3.37. The second-order valence-electron chi connectivity index (χ2n) is 5.07. The van der Waals surface area contributed by atoms with Crippen LogP contribution in [-0.4, -0.2) is 28.7 Å². The second-order valence-corrected chi connectivity index (χ2v) is 5.50. The van der Waals surface area contributed by atoms with Gasteiger partial charge in [0.05, 0.1) is 6.61 Å². The average molecular weight is 353 g/mol. The van der Waals surface area contributed by atoms with Crippen molar-refractivity contribution in [2.24, 2.45) is 0 Å². The lowest BCUT2D eigenvalue weighted by atomic mass is 10.1. The van der Waals surface area contributed by atoms with Crippen LogP contribution >= 0.6 is 11.6 Å². The quantitative estimate of drug-likeness (QED) is 0.599. The summed E-state index contributed by atoms with van der Waals surface area (Å²) < 4.78 is 11.2. The molecule has 8 heteroatoms. The van der Waals surface area contributed by atoms with Crippen molar-refractivity contribution in [3.8, 4) is 0 Å². The monoisotopic (exact) mass is 352 g/mol. The zero-order valence-electron chi connectivity index (χ0n) is 13.1. The van der Waals surface area contributed by atoms with Crippen molar-refractivity contribution in [3.63, 3.8) is 0 Å². The van der Waals surface area contributed by atoms with Gasteiger partial charge in [0, 0.05) is 30.1 Å². The van der Waals surface area contributed by atoms with Gasteiger partial charge in [-0.1, -0.05) is 23.7 Å². The fraction of sp³-hybridized carbons (Fsp3) is 0.312. The standard InChI is InChI=1S/C16H17ClN2O5/c1-11(20)24-6-5-23-10-19-9-13(15(21)18-16(19)22)7-12-3-2-4-14(17)8-12/h2-4,8-9H,5-7,10H2,1H3,(H,18,21,22). The van der Waals surface area contributed by atoms with Gasteiger partial charge >= 0.3 is 11.7 Å². The van der Waals surface area contributed by atoms with Crippen LogP contribution in [0.1, 0.15) is 18.1 Å². The number of H-pyrrole nitrogens is 1. The van der Waals surface area contributed by atoms with Crippen LogP contribution in [0.15, 0.2) is 40.1 Å². The molecular formula is C16H17ClN2O5. The lowest BCUT2D eigenvalue weighted by Crippen LogP contribution is -2.32. The fourth-order valence-corrected chi connectivity index (χ4v) is 2.26. The molecule has 0 saturated carbocycles. The van der Waals surface area contributed by atoms with E-state index in [1.54, 1.807) is 18.2 Å². The molecule has 0 fully saturated rings. The number of rotatable bonds is 7. The van der Waals surface area contributed by atoms with Crippen LogP contribution in [0.25, 0.3) is 0 Å². The molecule has 0 aliphatic heterocycles. The zero-order valence-corrected chi connectivity index (χ0v) is 13.8. The summed E-state index contributed by atoms with van der Waals surface area (Å²) in [5.41, 5.74) is 0.257. The molecule has 0 unspecified atom stereocenters. The van der Waals surface area contributed by atoms with E-state index < -0.39 is 17.2 Å². The number of esters is 1. The minimum absolute atomic E-state index is 0.0561. The van der Waals surface area contributed by atoms with E-state index in [2.05, 4.69) is 4.98 Å². The zero-order chi connectivity index (χ0) is 17.5. The van der Waals surface area contributed by atoms with Crippen molar-refractivity contribution in [2.75, 3.05) is 13.2 Å². The topological polar surface area (TPSA) is 90.4 Å². The normalized spacial score (nSPS) is 10.6. The summed E-state index contributed by atoms with van der Waals surface area (Å²) in [5.74, 6) is -0.399. The number of aromatic amines is 1. The molecule has 1 aromatic heterocycles. The smallest absolute Gasteiger partial charge is 0.330 e. The summed E-state index contributed by atoms with van der Waals surface area (Å²) in [5, 5.41) is 0.575. The van der Waals surface area contributed by atoms with E-state index in [9.17, 15) is 14.4 Å². The van der Waals surface area contributed by atoms with Crippen molar-refractivity contribution >= 4 is 17.6 Å². The highest BCUT2D eigenvalue weighted by molar-refractivity contribution is 6.30. The molecule has 0 bridgehead atoms. The minimum Gasteiger partial charge on any atom is -0.463 e. The lowest BCUT2D eigenvalue weighted by molar-refractivity contribution is -0.142. The van der Waals surface area contributed by atoms with Gasteiger partial charge < -0.3 is 9.47 Å². The molecule has 0 saturated heterocycles. The van der Waals surface area contributed by atoms with Crippen molar-refractivity contribution in [2.45, 2.75) is 20.1 Å². The van der Waals surface area contributed by atoms with Crippen LogP contribution in [0.2, 0.25) is 5.02 Å². The van der Waals surface area contributed by atoms with Gasteiger partial charge in [-0.25, -0.2) is 4.79 Å². The van der Waals surface area contributed by atoms with Gasteiger partial charge in [0.1, 0.15) is 13.3 Å². The number of nitrogens with zero attached hydrogens (tertiary/aromatic N) is 1. The van der Waals surface area contributed by atoms with Gasteiger partial charge in [-0.3, -0.25) is 19.1 Å². The molecule has 7 nitrogen and oxygen atoms in total. The Hall–Kier alpha value is -2.38. The van der Waals surface area contributed by atoms with Crippen LogP contribution in [0.4, 0.5) is 0 Å². The first kappa shape index (κ1) is 18.0. The summed E-state index contributed by atoms with van der Waals surface area (Å²) in [6.45, 7) is 1.49. The van der Waals surface area contributed by atoms with E-state index in [0.29, 0.717) is 17.0 Å². The first-order valence-electron chi connectivity index (χ1n) is 7.24. The highest BCUT2D eigenvalue weighted by Crippen LogP contribution is 2.12. The Morgan fingerprint density at radius 2 is 2.08 bits per heavy atom. The van der Waals surface area contributed by atoms with Gasteiger partial charge in [0.25, 0.3) is 5.56 Å². The Balaban J connectivity index is 2.06. The Kier molecular flexibility index (Phi) is 6.34. The minimum atomic E-state index is -0.567. The fourth-order valence-electron chi connectivity index (χ4n) is 2.05. The van der Waals surface area contributed by atoms with Crippen LogP contribution < -0.4 is 11.2 Å². The third-order valence-electron chi connectivity index (χ3n) is 3.13. The molecule has 1 aromatic carbocycles. The maximum absolute atomic E-state index is 11.9. The number of halogens is 1. The maximum atomic E-state index is 11.9.